The van der Waals surface area contributed by atoms with Crippen LogP contribution < -0.4 is 25.1 Å². The van der Waals surface area contributed by atoms with Gasteiger partial charge in [0.1, 0.15) is 17.6 Å². The predicted octanol–water partition coefficient (Wildman–Crippen LogP) is 2.91. The van der Waals surface area contributed by atoms with Gasteiger partial charge in [-0.15, -0.1) is 0 Å². The van der Waals surface area contributed by atoms with E-state index < -0.39 is 12.0 Å². The fourth-order valence-electron chi connectivity index (χ4n) is 4.23. The van der Waals surface area contributed by atoms with Crippen LogP contribution in [0.4, 0.5) is 0 Å². The number of carbonyl (C=O) groups is 1. The van der Waals surface area contributed by atoms with E-state index in [1.807, 2.05) is 0 Å². The van der Waals surface area contributed by atoms with E-state index in [4.69, 9.17) is 13.9 Å². The summed E-state index contributed by atoms with van der Waals surface area (Å²) in [5.41, 5.74) is 1.56. The number of nitrogens with zero attached hydrogens (tertiary/aromatic N) is 2. The van der Waals surface area contributed by atoms with Gasteiger partial charge in [0, 0.05) is 0 Å². The number of methoxy groups -OCH3 is 1. The molecule has 1 aliphatic rings. The van der Waals surface area contributed by atoms with Crippen molar-refractivity contribution in [2.75, 3.05) is 13.7 Å². The van der Waals surface area contributed by atoms with Gasteiger partial charge in [-0.1, -0.05) is 35.6 Å². The summed E-state index contributed by atoms with van der Waals surface area (Å²) in [6, 6.07) is 13.3. The standard InChI is InChI=1S/C27H22N2O6S/c1-4-34-26(32)22-15(2)28-27-29(23(22)16-9-11-18(33-3)12-10-16)25(31)21(36-27)13-17-14-35-20-8-6-5-7-19(20)24(17)30/h5-14,23H,4H2,1-3H3/b21-13-/t23-/m1/s1. The molecule has 5 rings (SSSR count). The van der Waals surface area contributed by atoms with Crippen molar-refractivity contribution in [3.05, 3.63) is 107 Å². The van der Waals surface area contributed by atoms with Gasteiger partial charge in [0.15, 0.2) is 10.2 Å². The fraction of sp³-hybridized carbons (Fsp3) is 0.185. The van der Waals surface area contributed by atoms with E-state index in [2.05, 4.69) is 4.99 Å². The van der Waals surface area contributed by atoms with Gasteiger partial charge in [0.2, 0.25) is 0 Å². The molecule has 1 aliphatic heterocycles. The number of rotatable bonds is 5. The molecule has 182 valence electrons. The van der Waals surface area contributed by atoms with E-state index in [-0.39, 0.29) is 28.7 Å². The lowest BCUT2D eigenvalue weighted by Crippen LogP contribution is -2.40. The van der Waals surface area contributed by atoms with Crippen molar-refractivity contribution in [3.63, 3.8) is 0 Å². The maximum absolute atomic E-state index is 13.7. The second kappa shape index (κ2) is 9.43. The second-order valence-corrected chi connectivity index (χ2v) is 9.10. The summed E-state index contributed by atoms with van der Waals surface area (Å²) in [6.45, 7) is 3.63. The van der Waals surface area contributed by atoms with Crippen LogP contribution in [-0.2, 0) is 9.53 Å². The molecule has 2 aromatic heterocycles. The summed E-state index contributed by atoms with van der Waals surface area (Å²) in [5, 5.41) is 0.426. The molecule has 0 fully saturated rings. The van der Waals surface area contributed by atoms with Crippen molar-refractivity contribution in [1.82, 2.24) is 4.57 Å². The second-order valence-electron chi connectivity index (χ2n) is 8.09. The Morgan fingerprint density at radius 1 is 1.17 bits per heavy atom. The zero-order valence-corrected chi connectivity index (χ0v) is 20.6. The molecular formula is C27H22N2O6S. The molecule has 0 unspecified atom stereocenters. The Morgan fingerprint density at radius 2 is 1.92 bits per heavy atom. The summed E-state index contributed by atoms with van der Waals surface area (Å²) < 4.78 is 17.9. The van der Waals surface area contributed by atoms with E-state index in [0.29, 0.717) is 37.3 Å². The van der Waals surface area contributed by atoms with Crippen molar-refractivity contribution in [1.29, 1.82) is 0 Å². The maximum atomic E-state index is 13.7. The third-order valence-corrected chi connectivity index (χ3v) is 6.92. The third-order valence-electron chi connectivity index (χ3n) is 5.94. The average molecular weight is 503 g/mol. The van der Waals surface area contributed by atoms with Crippen molar-refractivity contribution >= 4 is 34.4 Å². The van der Waals surface area contributed by atoms with Gasteiger partial charge in [-0.05, 0) is 49.8 Å². The fourth-order valence-corrected chi connectivity index (χ4v) is 5.26. The van der Waals surface area contributed by atoms with Gasteiger partial charge in [0.05, 0.1) is 46.5 Å². The van der Waals surface area contributed by atoms with E-state index in [0.717, 1.165) is 11.3 Å². The van der Waals surface area contributed by atoms with Crippen LogP contribution in [0.25, 0.3) is 17.0 Å². The smallest absolute Gasteiger partial charge is 0.338 e. The molecule has 36 heavy (non-hydrogen) atoms. The first kappa shape index (κ1) is 23.5. The number of aromatic nitrogens is 1. The molecule has 0 saturated carbocycles. The normalized spacial score (nSPS) is 15.5. The van der Waals surface area contributed by atoms with Gasteiger partial charge < -0.3 is 13.9 Å². The highest BCUT2D eigenvalue weighted by molar-refractivity contribution is 7.07. The molecule has 2 aromatic carbocycles. The molecule has 0 amide bonds. The maximum Gasteiger partial charge on any atom is 0.338 e. The Bertz CT molecular complexity index is 1760. The minimum absolute atomic E-state index is 0.188. The molecule has 0 bridgehead atoms. The molecule has 3 heterocycles. The summed E-state index contributed by atoms with van der Waals surface area (Å²) in [5.74, 6) is 0.108. The molecule has 8 nitrogen and oxygen atoms in total. The minimum Gasteiger partial charge on any atom is -0.497 e. The lowest BCUT2D eigenvalue weighted by atomic mass is 9.96. The van der Waals surface area contributed by atoms with E-state index >= 15 is 0 Å². The van der Waals surface area contributed by atoms with Crippen LogP contribution in [-0.4, -0.2) is 24.3 Å². The number of thiazole rings is 1. The topological polar surface area (TPSA) is 100 Å². The lowest BCUT2D eigenvalue weighted by molar-refractivity contribution is -0.139. The van der Waals surface area contributed by atoms with Crippen LogP contribution in [0.2, 0.25) is 0 Å². The van der Waals surface area contributed by atoms with Crippen LogP contribution in [0, 0.1) is 0 Å². The summed E-state index contributed by atoms with van der Waals surface area (Å²) >= 11 is 1.14. The van der Waals surface area contributed by atoms with Crippen LogP contribution in [0.5, 0.6) is 5.75 Å². The van der Waals surface area contributed by atoms with Gasteiger partial charge in [-0.2, -0.15) is 0 Å². The average Bonchev–Trinajstić information content (AvgIpc) is 3.19. The van der Waals surface area contributed by atoms with Crippen molar-refractivity contribution in [2.24, 2.45) is 4.99 Å². The number of hydrogen-bond acceptors (Lipinski definition) is 8. The number of ether oxygens (including phenoxy) is 2. The van der Waals surface area contributed by atoms with E-state index in [9.17, 15) is 14.4 Å². The number of fused-ring (bicyclic) bond motifs is 2. The molecule has 4 aromatic rings. The quantitative estimate of drug-likeness (QED) is 0.389. The highest BCUT2D eigenvalue weighted by Gasteiger charge is 2.33. The Balaban J connectivity index is 1.73. The lowest BCUT2D eigenvalue weighted by Gasteiger charge is -2.24. The molecule has 0 radical (unpaired) electrons. The predicted molar refractivity (Wildman–Crippen MR) is 136 cm³/mol. The highest BCUT2D eigenvalue weighted by Crippen LogP contribution is 2.31. The number of hydrogen-bond donors (Lipinski definition) is 0. The van der Waals surface area contributed by atoms with Crippen molar-refractivity contribution < 1.29 is 18.7 Å². The first-order valence-corrected chi connectivity index (χ1v) is 12.1. The number of benzene rings is 2. The van der Waals surface area contributed by atoms with E-state index in [1.165, 1.54) is 16.9 Å². The number of esters is 1. The minimum atomic E-state index is -0.749. The molecule has 0 spiro atoms. The SMILES string of the molecule is CCOC(=O)C1=C(C)N=c2s/c(=C\c3coc4ccccc4c3=O)c(=O)n2[C@@H]1c1ccc(OC)cc1. The van der Waals surface area contributed by atoms with Crippen LogP contribution in [0.1, 0.15) is 31.0 Å². The van der Waals surface area contributed by atoms with Gasteiger partial charge in [-0.3, -0.25) is 14.2 Å². The Labute approximate surface area is 209 Å². The number of allylic oxidation sites excluding steroid dienone is 1. The summed E-state index contributed by atoms with van der Waals surface area (Å²) in [6.07, 6.45) is 2.86. The van der Waals surface area contributed by atoms with Crippen LogP contribution >= 0.6 is 11.3 Å². The first-order chi connectivity index (χ1) is 17.4. The number of carbonyl (C=O) groups excluding carboxylic acids is 1. The highest BCUT2D eigenvalue weighted by atomic mass is 32.1. The van der Waals surface area contributed by atoms with Gasteiger partial charge in [-0.25, -0.2) is 9.79 Å². The van der Waals surface area contributed by atoms with Crippen LogP contribution in [0.15, 0.2) is 85.1 Å². The van der Waals surface area contributed by atoms with E-state index in [1.54, 1.807) is 69.5 Å². The molecule has 1 atom stereocenters. The first-order valence-electron chi connectivity index (χ1n) is 11.3. The zero-order chi connectivity index (χ0) is 25.4. The van der Waals surface area contributed by atoms with Gasteiger partial charge >= 0.3 is 5.97 Å². The van der Waals surface area contributed by atoms with Gasteiger partial charge in [0.25, 0.3) is 5.56 Å². The summed E-state index contributed by atoms with van der Waals surface area (Å²) in [7, 11) is 1.57. The van der Waals surface area contributed by atoms with Crippen molar-refractivity contribution in [3.8, 4) is 5.75 Å². The monoisotopic (exact) mass is 502 g/mol. The van der Waals surface area contributed by atoms with Crippen LogP contribution in [0.3, 0.4) is 0 Å². The molecule has 9 heteroatoms. The Kier molecular flexibility index (Phi) is 6.15. The number of para-hydroxylation sites is 1. The molecular weight excluding hydrogens is 480 g/mol. The zero-order valence-electron chi connectivity index (χ0n) is 19.8. The largest absolute Gasteiger partial charge is 0.497 e. The Hall–Kier alpha value is -4.24. The third kappa shape index (κ3) is 3.97. The molecule has 0 saturated heterocycles. The molecule has 0 aliphatic carbocycles. The summed E-state index contributed by atoms with van der Waals surface area (Å²) in [4.78, 5) is 44.6. The Morgan fingerprint density at radius 3 is 2.64 bits per heavy atom. The van der Waals surface area contributed by atoms with Crippen molar-refractivity contribution in [2.45, 2.75) is 19.9 Å². The molecule has 0 N–H and O–H groups in total.